The fourth-order valence-electron chi connectivity index (χ4n) is 3.18. The van der Waals surface area contributed by atoms with E-state index in [-0.39, 0.29) is 12.2 Å². The van der Waals surface area contributed by atoms with Crippen molar-refractivity contribution in [3.63, 3.8) is 0 Å². The summed E-state index contributed by atoms with van der Waals surface area (Å²) in [4.78, 5) is 13.2. The molecule has 0 saturated carbocycles. The van der Waals surface area contributed by atoms with E-state index in [2.05, 4.69) is 4.90 Å². The normalized spacial score (nSPS) is 20.6. The molecule has 0 bridgehead atoms. The van der Waals surface area contributed by atoms with Gasteiger partial charge in [0.25, 0.3) is 0 Å². The van der Waals surface area contributed by atoms with E-state index >= 15 is 0 Å². The van der Waals surface area contributed by atoms with Crippen molar-refractivity contribution in [3.05, 3.63) is 65.2 Å². The molecule has 2 aromatic carbocycles. The SMILES string of the molecule is Cc1ccccc1OC[C@]1(O)CCN(Cc2cccc(C(=O)O)c2)C1. The molecule has 1 atom stereocenters. The number of hydrogen-bond acceptors (Lipinski definition) is 4. The van der Waals surface area contributed by atoms with Crippen LogP contribution in [0.15, 0.2) is 48.5 Å². The van der Waals surface area contributed by atoms with Gasteiger partial charge in [0, 0.05) is 19.6 Å². The van der Waals surface area contributed by atoms with Gasteiger partial charge in [0.1, 0.15) is 18.0 Å². The summed E-state index contributed by atoms with van der Waals surface area (Å²) < 4.78 is 5.82. The van der Waals surface area contributed by atoms with Crippen LogP contribution in [-0.4, -0.2) is 46.4 Å². The summed E-state index contributed by atoms with van der Waals surface area (Å²) in [6, 6.07) is 14.7. The van der Waals surface area contributed by atoms with Gasteiger partial charge in [0.05, 0.1) is 5.56 Å². The number of hydrogen-bond donors (Lipinski definition) is 2. The van der Waals surface area contributed by atoms with Crippen LogP contribution in [-0.2, 0) is 6.54 Å². The summed E-state index contributed by atoms with van der Waals surface area (Å²) in [5, 5.41) is 19.9. The molecule has 0 aromatic heterocycles. The molecule has 1 saturated heterocycles. The van der Waals surface area contributed by atoms with Gasteiger partial charge in [-0.05, 0) is 42.7 Å². The second-order valence-electron chi connectivity index (χ2n) is 6.74. The Morgan fingerprint density at radius 1 is 1.24 bits per heavy atom. The second-order valence-corrected chi connectivity index (χ2v) is 6.74. The number of aliphatic hydroxyl groups is 1. The Balaban J connectivity index is 1.58. The predicted molar refractivity (Wildman–Crippen MR) is 94.9 cm³/mol. The number of aryl methyl sites for hydroxylation is 1. The molecule has 0 spiro atoms. The number of para-hydroxylation sites is 1. The number of carboxylic acids is 1. The molecule has 5 nitrogen and oxygen atoms in total. The maximum atomic E-state index is 11.1. The van der Waals surface area contributed by atoms with E-state index in [9.17, 15) is 9.90 Å². The Morgan fingerprint density at radius 2 is 2.04 bits per heavy atom. The molecule has 2 N–H and O–H groups in total. The average Bonchev–Trinajstić information content (AvgIpc) is 2.95. The molecule has 0 radical (unpaired) electrons. The maximum absolute atomic E-state index is 11.1. The second kappa shape index (κ2) is 7.25. The van der Waals surface area contributed by atoms with Gasteiger partial charge in [-0.1, -0.05) is 30.3 Å². The number of ether oxygens (including phenoxy) is 1. The number of β-amino-alcohol motifs (C(OH)–C–C–N with tert-alkyl or cyclic N) is 1. The highest BCUT2D eigenvalue weighted by molar-refractivity contribution is 5.87. The molecule has 1 fully saturated rings. The van der Waals surface area contributed by atoms with Crippen LogP contribution in [0.5, 0.6) is 5.75 Å². The molecule has 0 aliphatic carbocycles. The van der Waals surface area contributed by atoms with Gasteiger partial charge < -0.3 is 14.9 Å². The highest BCUT2D eigenvalue weighted by atomic mass is 16.5. The third-order valence-corrected chi connectivity index (χ3v) is 4.58. The van der Waals surface area contributed by atoms with E-state index in [4.69, 9.17) is 9.84 Å². The van der Waals surface area contributed by atoms with Crippen LogP contribution in [0.1, 0.15) is 27.9 Å². The van der Waals surface area contributed by atoms with Gasteiger partial charge in [0.2, 0.25) is 0 Å². The van der Waals surface area contributed by atoms with Crippen LogP contribution < -0.4 is 4.74 Å². The Bertz CT molecular complexity index is 761. The zero-order chi connectivity index (χ0) is 17.9. The molecule has 2 aromatic rings. The minimum atomic E-state index is -0.925. The standard InChI is InChI=1S/C20H23NO4/c1-15-5-2-3-8-18(15)25-14-20(24)9-10-21(13-20)12-16-6-4-7-17(11-16)19(22)23/h2-8,11,24H,9-10,12-14H2,1H3,(H,22,23)/t20-/m0/s1. The van der Waals surface area contributed by atoms with Crippen molar-refractivity contribution in [2.45, 2.75) is 25.5 Å². The molecule has 1 aliphatic rings. The van der Waals surface area contributed by atoms with Crippen LogP contribution in [0.3, 0.4) is 0 Å². The van der Waals surface area contributed by atoms with Crippen LogP contribution in [0.2, 0.25) is 0 Å². The van der Waals surface area contributed by atoms with E-state index in [0.29, 0.717) is 19.5 Å². The Labute approximate surface area is 147 Å². The van der Waals surface area contributed by atoms with Crippen molar-refractivity contribution in [1.82, 2.24) is 4.90 Å². The number of rotatable bonds is 6. The van der Waals surface area contributed by atoms with Gasteiger partial charge in [0.15, 0.2) is 0 Å². The number of nitrogens with zero attached hydrogens (tertiary/aromatic N) is 1. The average molecular weight is 341 g/mol. The van der Waals surface area contributed by atoms with Crippen molar-refractivity contribution in [2.75, 3.05) is 19.7 Å². The minimum Gasteiger partial charge on any atom is -0.490 e. The fraction of sp³-hybridized carbons (Fsp3) is 0.350. The van der Waals surface area contributed by atoms with Crippen LogP contribution >= 0.6 is 0 Å². The monoisotopic (exact) mass is 341 g/mol. The Morgan fingerprint density at radius 3 is 2.80 bits per heavy atom. The zero-order valence-corrected chi connectivity index (χ0v) is 14.3. The van der Waals surface area contributed by atoms with Crippen LogP contribution in [0, 0.1) is 6.92 Å². The quantitative estimate of drug-likeness (QED) is 0.845. The number of carbonyl (C=O) groups is 1. The van der Waals surface area contributed by atoms with Crippen molar-refractivity contribution >= 4 is 5.97 Å². The lowest BCUT2D eigenvalue weighted by Gasteiger charge is -2.24. The number of carboxylic acid groups (broad SMARTS) is 1. The lowest BCUT2D eigenvalue weighted by atomic mass is 10.1. The van der Waals surface area contributed by atoms with Gasteiger partial charge in [-0.2, -0.15) is 0 Å². The number of benzene rings is 2. The van der Waals surface area contributed by atoms with Gasteiger partial charge in [-0.25, -0.2) is 4.79 Å². The maximum Gasteiger partial charge on any atom is 0.335 e. The number of aromatic carboxylic acids is 1. The first-order valence-corrected chi connectivity index (χ1v) is 8.41. The van der Waals surface area contributed by atoms with Crippen molar-refractivity contribution in [1.29, 1.82) is 0 Å². The highest BCUT2D eigenvalue weighted by Gasteiger charge is 2.36. The van der Waals surface area contributed by atoms with E-state index in [0.717, 1.165) is 23.4 Å². The molecular weight excluding hydrogens is 318 g/mol. The van der Waals surface area contributed by atoms with E-state index < -0.39 is 11.6 Å². The van der Waals surface area contributed by atoms with Crippen molar-refractivity contribution in [3.8, 4) is 5.75 Å². The topological polar surface area (TPSA) is 70.0 Å². The Kier molecular flexibility index (Phi) is 5.06. The lowest BCUT2D eigenvalue weighted by molar-refractivity contribution is 0.00319. The van der Waals surface area contributed by atoms with Crippen LogP contribution in [0.4, 0.5) is 0 Å². The first-order valence-electron chi connectivity index (χ1n) is 8.41. The molecule has 1 heterocycles. The third-order valence-electron chi connectivity index (χ3n) is 4.58. The molecule has 0 unspecified atom stereocenters. The largest absolute Gasteiger partial charge is 0.490 e. The highest BCUT2D eigenvalue weighted by Crippen LogP contribution is 2.25. The molecule has 5 heteroatoms. The van der Waals surface area contributed by atoms with Crippen molar-refractivity contribution < 1.29 is 19.7 Å². The molecule has 3 rings (SSSR count). The van der Waals surface area contributed by atoms with Crippen molar-refractivity contribution in [2.24, 2.45) is 0 Å². The first kappa shape index (κ1) is 17.5. The summed E-state index contributed by atoms with van der Waals surface area (Å²) in [7, 11) is 0. The fourth-order valence-corrected chi connectivity index (χ4v) is 3.18. The lowest BCUT2D eigenvalue weighted by Crippen LogP contribution is -2.39. The van der Waals surface area contributed by atoms with Gasteiger partial charge in [-0.3, -0.25) is 4.90 Å². The summed E-state index contributed by atoms with van der Waals surface area (Å²) >= 11 is 0. The first-order chi connectivity index (χ1) is 12.0. The smallest absolute Gasteiger partial charge is 0.335 e. The minimum absolute atomic E-state index is 0.253. The molecular formula is C20H23NO4. The third kappa shape index (κ3) is 4.38. The summed E-state index contributed by atoms with van der Waals surface area (Å²) in [5.74, 6) is -0.130. The zero-order valence-electron chi connectivity index (χ0n) is 14.3. The summed E-state index contributed by atoms with van der Waals surface area (Å²) in [6.07, 6.45) is 0.636. The predicted octanol–water partition coefficient (Wildman–Crippen LogP) is 2.71. The van der Waals surface area contributed by atoms with Crippen LogP contribution in [0.25, 0.3) is 0 Å². The van der Waals surface area contributed by atoms with Gasteiger partial charge in [-0.15, -0.1) is 0 Å². The molecule has 0 amide bonds. The van der Waals surface area contributed by atoms with Gasteiger partial charge >= 0.3 is 5.97 Å². The molecule has 1 aliphatic heterocycles. The summed E-state index contributed by atoms with van der Waals surface area (Å²) in [5.41, 5.74) is 1.39. The van der Waals surface area contributed by atoms with E-state index in [1.165, 1.54) is 0 Å². The van der Waals surface area contributed by atoms with E-state index in [1.807, 2.05) is 37.3 Å². The molecule has 25 heavy (non-hydrogen) atoms. The molecule has 132 valence electrons. The Hall–Kier alpha value is -2.37. The van der Waals surface area contributed by atoms with E-state index in [1.54, 1.807) is 18.2 Å². The number of likely N-dealkylation sites (tertiary alicyclic amines) is 1. The summed E-state index contributed by atoms with van der Waals surface area (Å²) in [6.45, 7) is 4.12.